The summed E-state index contributed by atoms with van der Waals surface area (Å²) >= 11 is 0. The highest BCUT2D eigenvalue weighted by Crippen LogP contribution is 2.44. The van der Waals surface area contributed by atoms with Crippen molar-refractivity contribution in [1.29, 1.82) is 0 Å². The third-order valence-electron chi connectivity index (χ3n) is 6.32. The Morgan fingerprint density at radius 2 is 1.29 bits per heavy atom. The van der Waals surface area contributed by atoms with Gasteiger partial charge in [-0.25, -0.2) is 0 Å². The zero-order valence-electron chi connectivity index (χ0n) is 17.7. The highest BCUT2D eigenvalue weighted by molar-refractivity contribution is 6.74. The molecule has 144 valence electrons. The lowest BCUT2D eigenvalue weighted by molar-refractivity contribution is -0.120. The molecule has 0 bridgehead atoms. The molecule has 0 aromatic rings. The minimum absolute atomic E-state index is 0.00981. The average molecular weight is 377 g/mol. The molecule has 1 fully saturated rings. The van der Waals surface area contributed by atoms with Gasteiger partial charge < -0.3 is 18.7 Å². The maximum Gasteiger partial charge on any atom is 0.195 e. The van der Waals surface area contributed by atoms with E-state index in [1.54, 1.807) is 0 Å². The van der Waals surface area contributed by atoms with E-state index in [0.717, 1.165) is 0 Å². The topological polar surface area (TPSA) is 47.9 Å². The first-order valence-electron chi connectivity index (χ1n) is 9.15. The van der Waals surface area contributed by atoms with Gasteiger partial charge >= 0.3 is 0 Å². The van der Waals surface area contributed by atoms with Crippen LogP contribution in [-0.2, 0) is 13.6 Å². The fourth-order valence-corrected chi connectivity index (χ4v) is 4.77. The summed E-state index contributed by atoms with van der Waals surface area (Å²) in [5.41, 5.74) is 0. The van der Waals surface area contributed by atoms with Crippen LogP contribution in [0.5, 0.6) is 0 Å². The van der Waals surface area contributed by atoms with Crippen LogP contribution in [0.15, 0.2) is 0 Å². The minimum Gasteiger partial charge on any atom is -0.408 e. The molecule has 0 spiro atoms. The standard InChI is InChI=1S/C18H40O4Si2/c1-13-14(12-19)20-16(22-24(10,11)18(5,6)7)15(13)21-23(8,9)17(2,3)4/h13-16,19H,12H2,1-11H3/t13-,14+,15?,16-/m0/s1. The lowest BCUT2D eigenvalue weighted by Gasteiger charge is -2.43. The Morgan fingerprint density at radius 3 is 1.67 bits per heavy atom. The van der Waals surface area contributed by atoms with Crippen molar-refractivity contribution in [2.24, 2.45) is 5.92 Å². The fraction of sp³-hybridized carbons (Fsp3) is 1.00. The number of hydrogen-bond acceptors (Lipinski definition) is 4. The quantitative estimate of drug-likeness (QED) is 0.703. The third kappa shape index (κ3) is 4.71. The number of rotatable bonds is 5. The number of ether oxygens (including phenoxy) is 1. The van der Waals surface area contributed by atoms with Crippen molar-refractivity contribution in [2.75, 3.05) is 6.61 Å². The van der Waals surface area contributed by atoms with Crippen molar-refractivity contribution < 1.29 is 18.7 Å². The van der Waals surface area contributed by atoms with Crippen molar-refractivity contribution in [3.63, 3.8) is 0 Å². The zero-order chi connectivity index (χ0) is 19.1. The summed E-state index contributed by atoms with van der Waals surface area (Å²) in [6.07, 6.45) is -0.709. The Labute approximate surface area is 151 Å². The van der Waals surface area contributed by atoms with Gasteiger partial charge in [0.25, 0.3) is 0 Å². The molecule has 1 heterocycles. The first kappa shape index (κ1) is 22.3. The second-order valence-corrected chi connectivity index (χ2v) is 19.8. The van der Waals surface area contributed by atoms with Gasteiger partial charge in [-0.3, -0.25) is 0 Å². The average Bonchev–Trinajstić information content (AvgIpc) is 2.63. The first-order valence-corrected chi connectivity index (χ1v) is 15.0. The van der Waals surface area contributed by atoms with E-state index in [1.165, 1.54) is 0 Å². The second-order valence-electron chi connectivity index (χ2n) is 10.3. The van der Waals surface area contributed by atoms with Crippen LogP contribution in [-0.4, -0.2) is 46.8 Å². The zero-order valence-corrected chi connectivity index (χ0v) is 19.7. The molecule has 1 N–H and O–H groups in total. The SMILES string of the molecule is C[C@@H]1C(O[Si](C)(C)C(C)(C)C)[C@H](O[Si](C)(C)C(C)(C)C)O[C@@H]1CO. The molecule has 0 aliphatic carbocycles. The normalized spacial score (nSPS) is 30.0. The van der Waals surface area contributed by atoms with Gasteiger partial charge in [0, 0.05) is 5.92 Å². The maximum absolute atomic E-state index is 9.67. The number of aliphatic hydroxyl groups excluding tert-OH is 1. The van der Waals surface area contributed by atoms with Gasteiger partial charge in [-0.2, -0.15) is 0 Å². The Kier molecular flexibility index (Phi) is 6.62. The highest BCUT2D eigenvalue weighted by atomic mass is 28.4. The number of aliphatic hydroxyl groups is 1. The van der Waals surface area contributed by atoms with Gasteiger partial charge in [-0.05, 0) is 36.3 Å². The molecule has 1 unspecified atom stereocenters. The van der Waals surface area contributed by atoms with Crippen LogP contribution in [0.25, 0.3) is 0 Å². The monoisotopic (exact) mass is 376 g/mol. The van der Waals surface area contributed by atoms with Crippen LogP contribution in [0.1, 0.15) is 48.5 Å². The Hall–Kier alpha value is 0.274. The molecule has 0 aromatic heterocycles. The number of hydrogen-bond donors (Lipinski definition) is 1. The molecule has 4 atom stereocenters. The summed E-state index contributed by atoms with van der Waals surface area (Å²) < 4.78 is 19.3. The van der Waals surface area contributed by atoms with Crippen LogP contribution < -0.4 is 0 Å². The summed E-state index contributed by atoms with van der Waals surface area (Å²) in [5.74, 6) is 0.124. The lowest BCUT2D eigenvalue weighted by atomic mass is 10.0. The molecule has 0 saturated carbocycles. The van der Waals surface area contributed by atoms with E-state index in [1.807, 2.05) is 0 Å². The van der Waals surface area contributed by atoms with Crippen LogP contribution in [0.3, 0.4) is 0 Å². The van der Waals surface area contributed by atoms with Crippen LogP contribution in [0.4, 0.5) is 0 Å². The largest absolute Gasteiger partial charge is 0.408 e. The maximum atomic E-state index is 9.67. The molecular formula is C18H40O4Si2. The van der Waals surface area contributed by atoms with E-state index in [4.69, 9.17) is 13.6 Å². The van der Waals surface area contributed by atoms with Gasteiger partial charge in [0.2, 0.25) is 0 Å². The smallest absolute Gasteiger partial charge is 0.195 e. The predicted molar refractivity (Wildman–Crippen MR) is 105 cm³/mol. The molecule has 24 heavy (non-hydrogen) atoms. The summed E-state index contributed by atoms with van der Waals surface area (Å²) in [4.78, 5) is 0. The van der Waals surface area contributed by atoms with Crippen LogP contribution >= 0.6 is 0 Å². The summed E-state index contributed by atoms with van der Waals surface area (Å²) in [7, 11) is -3.92. The Morgan fingerprint density at radius 1 is 0.875 bits per heavy atom. The summed E-state index contributed by atoms with van der Waals surface area (Å²) in [6.45, 7) is 24.5. The Bertz CT molecular complexity index is 424. The molecular weight excluding hydrogens is 336 g/mol. The van der Waals surface area contributed by atoms with Gasteiger partial charge in [-0.15, -0.1) is 0 Å². The third-order valence-corrected chi connectivity index (χ3v) is 15.2. The van der Waals surface area contributed by atoms with E-state index in [2.05, 4.69) is 74.7 Å². The van der Waals surface area contributed by atoms with Crippen molar-refractivity contribution in [1.82, 2.24) is 0 Å². The molecule has 0 amide bonds. The molecule has 4 nitrogen and oxygen atoms in total. The first-order chi connectivity index (χ1) is 10.5. The highest BCUT2D eigenvalue weighted by Gasteiger charge is 2.51. The molecule has 0 radical (unpaired) electrons. The van der Waals surface area contributed by atoms with Gasteiger partial charge in [-0.1, -0.05) is 48.5 Å². The van der Waals surface area contributed by atoms with Gasteiger partial charge in [0.1, 0.15) is 6.10 Å². The van der Waals surface area contributed by atoms with E-state index in [9.17, 15) is 5.11 Å². The lowest BCUT2D eigenvalue weighted by Crippen LogP contribution is -2.51. The molecule has 1 aliphatic heterocycles. The molecule has 6 heteroatoms. The Balaban J connectivity index is 3.05. The summed E-state index contributed by atoms with van der Waals surface area (Å²) in [6, 6.07) is 0. The molecule has 1 aliphatic rings. The van der Waals surface area contributed by atoms with Crippen molar-refractivity contribution >= 4 is 16.6 Å². The van der Waals surface area contributed by atoms with Crippen molar-refractivity contribution in [3.05, 3.63) is 0 Å². The van der Waals surface area contributed by atoms with Crippen molar-refractivity contribution in [2.45, 2.75) is 103 Å². The summed E-state index contributed by atoms with van der Waals surface area (Å²) in [5, 5.41) is 9.91. The molecule has 1 saturated heterocycles. The minimum atomic E-state index is -1.98. The van der Waals surface area contributed by atoms with E-state index in [-0.39, 0.29) is 41.1 Å². The van der Waals surface area contributed by atoms with Gasteiger partial charge in [0.05, 0.1) is 12.7 Å². The molecule has 1 rings (SSSR count). The van der Waals surface area contributed by atoms with E-state index < -0.39 is 16.6 Å². The van der Waals surface area contributed by atoms with Crippen molar-refractivity contribution in [3.8, 4) is 0 Å². The van der Waals surface area contributed by atoms with E-state index in [0.29, 0.717) is 0 Å². The fourth-order valence-electron chi connectivity index (χ4n) is 2.28. The van der Waals surface area contributed by atoms with Gasteiger partial charge in [0.15, 0.2) is 22.9 Å². The second kappa shape index (κ2) is 7.12. The predicted octanol–water partition coefficient (Wildman–Crippen LogP) is 4.75. The van der Waals surface area contributed by atoms with Crippen LogP contribution in [0.2, 0.25) is 36.3 Å². The van der Waals surface area contributed by atoms with E-state index >= 15 is 0 Å². The van der Waals surface area contributed by atoms with Crippen LogP contribution in [0, 0.1) is 5.92 Å². The molecule has 0 aromatic carbocycles.